The van der Waals surface area contributed by atoms with Crippen LogP contribution < -0.4 is 10.1 Å². The molecule has 1 aliphatic rings. The first-order chi connectivity index (χ1) is 11.0. The van der Waals surface area contributed by atoms with Gasteiger partial charge in [0.25, 0.3) is 0 Å². The van der Waals surface area contributed by atoms with Gasteiger partial charge in [-0.05, 0) is 36.5 Å². The second-order valence-corrected chi connectivity index (χ2v) is 6.58. The van der Waals surface area contributed by atoms with E-state index in [1.165, 1.54) is 0 Å². The summed E-state index contributed by atoms with van der Waals surface area (Å²) >= 11 is 0. The zero-order chi connectivity index (χ0) is 16.8. The molecule has 2 rings (SSSR count). The molecular weight excluding hydrogens is 294 g/mol. The van der Waals surface area contributed by atoms with Gasteiger partial charge in [-0.2, -0.15) is 0 Å². The van der Waals surface area contributed by atoms with E-state index < -0.39 is 11.9 Å². The zero-order valence-electron chi connectivity index (χ0n) is 13.7. The lowest BCUT2D eigenvalue weighted by molar-refractivity contribution is -0.142. The molecule has 23 heavy (non-hydrogen) atoms. The summed E-state index contributed by atoms with van der Waals surface area (Å²) in [5.41, 5.74) is 0.893. The molecule has 0 heterocycles. The molecule has 2 N–H and O–H groups in total. The SMILES string of the molecule is CC(C)COc1ccc(CC(=O)N[C@@H]2CCC[C@@H]2C(=O)O)cc1. The van der Waals surface area contributed by atoms with Gasteiger partial charge in [0.1, 0.15) is 5.75 Å². The third kappa shape index (κ3) is 5.27. The van der Waals surface area contributed by atoms with Crippen LogP contribution in [0.15, 0.2) is 24.3 Å². The van der Waals surface area contributed by atoms with Gasteiger partial charge < -0.3 is 15.2 Å². The third-order valence-corrected chi connectivity index (χ3v) is 4.05. The summed E-state index contributed by atoms with van der Waals surface area (Å²) in [6.45, 7) is 4.84. The largest absolute Gasteiger partial charge is 0.493 e. The van der Waals surface area contributed by atoms with Crippen LogP contribution in [0.25, 0.3) is 0 Å². The van der Waals surface area contributed by atoms with Gasteiger partial charge in [-0.3, -0.25) is 9.59 Å². The number of aliphatic carboxylic acids is 1. The van der Waals surface area contributed by atoms with Gasteiger partial charge in [-0.1, -0.05) is 32.4 Å². The summed E-state index contributed by atoms with van der Waals surface area (Å²) in [5, 5.41) is 12.0. The number of ether oxygens (including phenoxy) is 1. The highest BCUT2D eigenvalue weighted by Crippen LogP contribution is 2.26. The predicted molar refractivity (Wildman–Crippen MR) is 87.4 cm³/mol. The van der Waals surface area contributed by atoms with Gasteiger partial charge in [-0.25, -0.2) is 0 Å². The maximum atomic E-state index is 12.1. The highest BCUT2D eigenvalue weighted by Gasteiger charge is 2.33. The van der Waals surface area contributed by atoms with Crippen molar-refractivity contribution >= 4 is 11.9 Å². The Hall–Kier alpha value is -2.04. The van der Waals surface area contributed by atoms with E-state index in [0.717, 1.165) is 24.2 Å². The first-order valence-electron chi connectivity index (χ1n) is 8.19. The van der Waals surface area contributed by atoms with Crippen LogP contribution in [0.1, 0.15) is 38.7 Å². The van der Waals surface area contributed by atoms with Crippen molar-refractivity contribution in [2.45, 2.75) is 45.6 Å². The van der Waals surface area contributed by atoms with E-state index in [2.05, 4.69) is 19.2 Å². The van der Waals surface area contributed by atoms with E-state index in [1.807, 2.05) is 24.3 Å². The highest BCUT2D eigenvalue weighted by atomic mass is 16.5. The zero-order valence-corrected chi connectivity index (χ0v) is 13.7. The molecule has 0 aromatic heterocycles. The summed E-state index contributed by atoms with van der Waals surface area (Å²) in [6, 6.07) is 7.23. The molecule has 2 atom stereocenters. The second kappa shape index (κ2) is 7.99. The minimum atomic E-state index is -0.820. The van der Waals surface area contributed by atoms with Crippen molar-refractivity contribution in [3.8, 4) is 5.75 Å². The highest BCUT2D eigenvalue weighted by molar-refractivity contribution is 5.80. The molecule has 0 radical (unpaired) electrons. The molecule has 0 aliphatic heterocycles. The number of carboxylic acid groups (broad SMARTS) is 1. The summed E-state index contributed by atoms with van der Waals surface area (Å²) in [5.74, 6) is -0.136. The normalized spacial score (nSPS) is 20.5. The quantitative estimate of drug-likeness (QED) is 0.810. The van der Waals surface area contributed by atoms with Gasteiger partial charge in [0.05, 0.1) is 18.9 Å². The number of hydrogen-bond acceptors (Lipinski definition) is 3. The van der Waals surface area contributed by atoms with E-state index >= 15 is 0 Å². The molecule has 5 heteroatoms. The van der Waals surface area contributed by atoms with Gasteiger partial charge in [0.2, 0.25) is 5.91 Å². The minimum Gasteiger partial charge on any atom is -0.493 e. The molecule has 1 aliphatic carbocycles. The molecule has 0 spiro atoms. The topological polar surface area (TPSA) is 75.6 Å². The van der Waals surface area contributed by atoms with Crippen molar-refractivity contribution in [3.63, 3.8) is 0 Å². The van der Waals surface area contributed by atoms with Gasteiger partial charge in [0, 0.05) is 6.04 Å². The van der Waals surface area contributed by atoms with Crippen molar-refractivity contribution in [2.24, 2.45) is 11.8 Å². The van der Waals surface area contributed by atoms with Crippen molar-refractivity contribution in [3.05, 3.63) is 29.8 Å². The molecule has 1 fully saturated rings. The van der Waals surface area contributed by atoms with Crippen LogP contribution >= 0.6 is 0 Å². The molecule has 0 bridgehead atoms. The summed E-state index contributed by atoms with van der Waals surface area (Å²) < 4.78 is 5.61. The number of carbonyl (C=O) groups is 2. The van der Waals surface area contributed by atoms with Gasteiger partial charge in [-0.15, -0.1) is 0 Å². The van der Waals surface area contributed by atoms with Crippen molar-refractivity contribution in [1.29, 1.82) is 0 Å². The van der Waals surface area contributed by atoms with E-state index in [4.69, 9.17) is 9.84 Å². The molecule has 1 amide bonds. The Balaban J connectivity index is 1.84. The molecule has 126 valence electrons. The number of benzene rings is 1. The smallest absolute Gasteiger partial charge is 0.308 e. The van der Waals surface area contributed by atoms with Crippen molar-refractivity contribution in [1.82, 2.24) is 5.32 Å². The van der Waals surface area contributed by atoms with Crippen LogP contribution in [0.4, 0.5) is 0 Å². The van der Waals surface area contributed by atoms with Crippen LogP contribution in [0.5, 0.6) is 5.75 Å². The molecule has 5 nitrogen and oxygen atoms in total. The predicted octanol–water partition coefficient (Wildman–Crippen LogP) is 2.63. The van der Waals surface area contributed by atoms with Gasteiger partial charge in [0.15, 0.2) is 0 Å². The van der Waals surface area contributed by atoms with Crippen molar-refractivity contribution < 1.29 is 19.4 Å². The number of carboxylic acids is 1. The average Bonchev–Trinajstić information content (AvgIpc) is 2.94. The Morgan fingerprint density at radius 3 is 2.57 bits per heavy atom. The van der Waals surface area contributed by atoms with E-state index in [1.54, 1.807) is 0 Å². The van der Waals surface area contributed by atoms with E-state index in [0.29, 0.717) is 18.9 Å². The fourth-order valence-corrected chi connectivity index (χ4v) is 2.84. The fourth-order valence-electron chi connectivity index (χ4n) is 2.84. The van der Waals surface area contributed by atoms with Gasteiger partial charge >= 0.3 is 5.97 Å². The first-order valence-corrected chi connectivity index (χ1v) is 8.19. The van der Waals surface area contributed by atoms with Crippen LogP contribution in [-0.2, 0) is 16.0 Å². The maximum Gasteiger partial charge on any atom is 0.308 e. The fraction of sp³-hybridized carbons (Fsp3) is 0.556. The molecule has 0 unspecified atom stereocenters. The Morgan fingerprint density at radius 1 is 1.26 bits per heavy atom. The molecule has 1 saturated carbocycles. The molecular formula is C18H25NO4. The minimum absolute atomic E-state index is 0.126. The number of hydrogen-bond donors (Lipinski definition) is 2. The number of rotatable bonds is 7. The molecule has 1 aromatic carbocycles. The second-order valence-electron chi connectivity index (χ2n) is 6.58. The number of carbonyl (C=O) groups excluding carboxylic acids is 1. The Labute approximate surface area is 137 Å². The van der Waals surface area contributed by atoms with Crippen molar-refractivity contribution in [2.75, 3.05) is 6.61 Å². The Kier molecular flexibility index (Phi) is 6.02. The maximum absolute atomic E-state index is 12.1. The molecule has 0 saturated heterocycles. The third-order valence-electron chi connectivity index (χ3n) is 4.05. The standard InChI is InChI=1S/C18H25NO4/c1-12(2)11-23-14-8-6-13(7-9-14)10-17(20)19-16-5-3-4-15(16)18(21)22/h6-9,12,15-16H,3-5,10-11H2,1-2H3,(H,19,20)(H,21,22)/t15-,16+/m0/s1. The lowest BCUT2D eigenvalue weighted by Gasteiger charge is -2.17. The van der Waals surface area contributed by atoms with Crippen LogP contribution in [-0.4, -0.2) is 29.6 Å². The number of nitrogens with one attached hydrogen (secondary N) is 1. The summed E-state index contributed by atoms with van der Waals surface area (Å²) in [7, 11) is 0. The summed E-state index contributed by atoms with van der Waals surface area (Å²) in [4.78, 5) is 23.2. The summed E-state index contributed by atoms with van der Waals surface area (Å²) in [6.07, 6.45) is 2.49. The lowest BCUT2D eigenvalue weighted by Crippen LogP contribution is -2.40. The molecule has 1 aromatic rings. The van der Waals surface area contributed by atoms with E-state index in [-0.39, 0.29) is 18.4 Å². The van der Waals surface area contributed by atoms with E-state index in [9.17, 15) is 9.59 Å². The lowest BCUT2D eigenvalue weighted by atomic mass is 10.0. The van der Waals surface area contributed by atoms with Crippen LogP contribution in [0.3, 0.4) is 0 Å². The first kappa shape index (κ1) is 17.3. The Morgan fingerprint density at radius 2 is 1.96 bits per heavy atom. The Bertz CT molecular complexity index is 538. The number of amides is 1. The average molecular weight is 319 g/mol. The van der Waals surface area contributed by atoms with Crippen LogP contribution in [0.2, 0.25) is 0 Å². The monoisotopic (exact) mass is 319 g/mol. The van der Waals surface area contributed by atoms with Crippen LogP contribution in [0, 0.1) is 11.8 Å².